The molecule has 0 aliphatic heterocycles. The van der Waals surface area contributed by atoms with Gasteiger partial charge < -0.3 is 0 Å². The Morgan fingerprint density at radius 1 is 0.325 bits per heavy atom. The van der Waals surface area contributed by atoms with Gasteiger partial charge in [0.1, 0.15) is 0 Å². The van der Waals surface area contributed by atoms with Crippen molar-refractivity contribution in [2.45, 2.75) is 41.5 Å². The summed E-state index contributed by atoms with van der Waals surface area (Å²) >= 11 is 0. The van der Waals surface area contributed by atoms with Crippen LogP contribution >= 0.6 is 0 Å². The van der Waals surface area contributed by atoms with Gasteiger partial charge in [0.25, 0.3) is 0 Å². The van der Waals surface area contributed by atoms with E-state index in [0.29, 0.717) is 0 Å². The molecule has 8 rings (SSSR count). The molecule has 0 spiro atoms. The Bertz CT molecular complexity index is 2100. The standard InChI is InChI=1S/C40H32/c1-21-17-23(3)33(24(4)18-21)37-29-11-7-9-27-14-16-32-38(34-25(5)19-22(2)20-26(34)6)30-12-8-10-28-13-15-31(37)39(36(28)30)40(32)35(27)29/h7-20H,1-6H3. The van der Waals surface area contributed by atoms with Crippen LogP contribution in [-0.2, 0) is 0 Å². The van der Waals surface area contributed by atoms with Gasteiger partial charge in [-0.05, 0) is 140 Å². The molecule has 40 heavy (non-hydrogen) atoms. The van der Waals surface area contributed by atoms with E-state index in [1.807, 2.05) is 0 Å². The minimum absolute atomic E-state index is 1.31. The van der Waals surface area contributed by atoms with Crippen LogP contribution in [0.2, 0.25) is 0 Å². The normalized spacial score (nSPS) is 12.2. The third kappa shape index (κ3) is 2.97. The molecule has 0 heteroatoms. The molecule has 8 aromatic carbocycles. The van der Waals surface area contributed by atoms with E-state index < -0.39 is 0 Å². The second-order valence-corrected chi connectivity index (χ2v) is 12.1. The number of hydrogen-bond donors (Lipinski definition) is 0. The fourth-order valence-corrected chi connectivity index (χ4v) is 8.09. The largest absolute Gasteiger partial charge is 0.0610 e. The zero-order valence-electron chi connectivity index (χ0n) is 24.1. The quantitative estimate of drug-likeness (QED) is 0.160. The van der Waals surface area contributed by atoms with E-state index in [1.54, 1.807) is 0 Å². The molecule has 0 N–H and O–H groups in total. The monoisotopic (exact) mass is 512 g/mol. The molecule has 0 bridgehead atoms. The van der Waals surface area contributed by atoms with Crippen molar-refractivity contribution in [3.63, 3.8) is 0 Å². The first-order valence-electron chi connectivity index (χ1n) is 14.4. The summed E-state index contributed by atoms with van der Waals surface area (Å²) in [5.74, 6) is 0. The van der Waals surface area contributed by atoms with E-state index in [2.05, 4.69) is 126 Å². The van der Waals surface area contributed by atoms with Crippen LogP contribution in [0.1, 0.15) is 33.4 Å². The Morgan fingerprint density at radius 3 is 1.05 bits per heavy atom. The molecule has 0 aromatic heterocycles. The smallest absolute Gasteiger partial charge is 0.000741 e. The van der Waals surface area contributed by atoms with Crippen molar-refractivity contribution in [3.8, 4) is 22.3 Å². The molecule has 8 aromatic rings. The van der Waals surface area contributed by atoms with Gasteiger partial charge in [-0.1, -0.05) is 96.1 Å². The molecule has 0 atom stereocenters. The van der Waals surface area contributed by atoms with Gasteiger partial charge in [-0.2, -0.15) is 0 Å². The van der Waals surface area contributed by atoms with Crippen molar-refractivity contribution in [2.24, 2.45) is 0 Å². The van der Waals surface area contributed by atoms with Crippen LogP contribution in [0.25, 0.3) is 76.1 Å². The predicted octanol–water partition coefficient (Wildman–Crippen LogP) is 11.5. The topological polar surface area (TPSA) is 0 Å². The van der Waals surface area contributed by atoms with Crippen molar-refractivity contribution >= 4 is 53.9 Å². The van der Waals surface area contributed by atoms with Crippen molar-refractivity contribution < 1.29 is 0 Å². The second-order valence-electron chi connectivity index (χ2n) is 12.1. The molecule has 0 saturated carbocycles. The maximum absolute atomic E-state index is 2.39. The summed E-state index contributed by atoms with van der Waals surface area (Å²) < 4.78 is 0. The highest BCUT2D eigenvalue weighted by Crippen LogP contribution is 2.52. The van der Waals surface area contributed by atoms with Crippen molar-refractivity contribution in [1.82, 2.24) is 0 Å². The lowest BCUT2D eigenvalue weighted by atomic mass is 9.77. The maximum Gasteiger partial charge on any atom is -0.000741 e. The molecule has 192 valence electrons. The van der Waals surface area contributed by atoms with E-state index in [-0.39, 0.29) is 0 Å². The first kappa shape index (κ1) is 23.5. The number of aryl methyl sites for hydroxylation is 6. The zero-order valence-corrected chi connectivity index (χ0v) is 24.1. The summed E-state index contributed by atoms with van der Waals surface area (Å²) in [4.78, 5) is 0. The summed E-state index contributed by atoms with van der Waals surface area (Å²) in [6.07, 6.45) is 0. The lowest BCUT2D eigenvalue weighted by Gasteiger charge is -2.25. The summed E-state index contributed by atoms with van der Waals surface area (Å²) in [5, 5.41) is 13.7. The maximum atomic E-state index is 2.39. The lowest BCUT2D eigenvalue weighted by molar-refractivity contribution is 1.33. The van der Waals surface area contributed by atoms with Gasteiger partial charge in [-0.15, -0.1) is 0 Å². The van der Waals surface area contributed by atoms with Crippen LogP contribution < -0.4 is 0 Å². The molecule has 0 radical (unpaired) electrons. The predicted molar refractivity (Wildman–Crippen MR) is 176 cm³/mol. The van der Waals surface area contributed by atoms with E-state index in [0.717, 1.165) is 0 Å². The van der Waals surface area contributed by atoms with Gasteiger partial charge in [0.2, 0.25) is 0 Å². The van der Waals surface area contributed by atoms with E-state index in [4.69, 9.17) is 0 Å². The lowest BCUT2D eigenvalue weighted by Crippen LogP contribution is -1.99. The highest BCUT2D eigenvalue weighted by atomic mass is 14.3. The average molecular weight is 513 g/mol. The van der Waals surface area contributed by atoms with Crippen LogP contribution in [0.5, 0.6) is 0 Å². The summed E-state index contributed by atoms with van der Waals surface area (Å²) in [6, 6.07) is 32.6. The molecular weight excluding hydrogens is 480 g/mol. The minimum atomic E-state index is 1.31. The molecule has 0 fully saturated rings. The Morgan fingerprint density at radius 2 is 0.675 bits per heavy atom. The van der Waals surface area contributed by atoms with Crippen LogP contribution in [0.3, 0.4) is 0 Å². The van der Waals surface area contributed by atoms with Crippen LogP contribution in [0.4, 0.5) is 0 Å². The van der Waals surface area contributed by atoms with Crippen molar-refractivity contribution in [1.29, 1.82) is 0 Å². The van der Waals surface area contributed by atoms with Crippen molar-refractivity contribution in [2.75, 3.05) is 0 Å². The SMILES string of the molecule is Cc1cc(C)c(-c2c3cccc4ccc5c(-c6c(C)cc(C)cc6C)c6cccc7ccc2c(c76)c5c43)c(C)c1. The fourth-order valence-electron chi connectivity index (χ4n) is 8.09. The van der Waals surface area contributed by atoms with Crippen LogP contribution in [0, 0.1) is 41.5 Å². The fraction of sp³-hybridized carbons (Fsp3) is 0.150. The Labute approximate surface area is 235 Å². The highest BCUT2D eigenvalue weighted by molar-refractivity contribution is 6.42. The summed E-state index contributed by atoms with van der Waals surface area (Å²) in [7, 11) is 0. The van der Waals surface area contributed by atoms with Gasteiger partial charge in [-0.25, -0.2) is 0 Å². The van der Waals surface area contributed by atoms with Crippen LogP contribution in [0.15, 0.2) is 84.9 Å². The summed E-state index contributed by atoms with van der Waals surface area (Å²) in [6.45, 7) is 13.5. The third-order valence-electron chi connectivity index (χ3n) is 9.27. The second kappa shape index (κ2) is 8.05. The Balaban J connectivity index is 1.71. The molecular formula is C40H32. The first-order valence-corrected chi connectivity index (χ1v) is 14.4. The number of hydrogen-bond acceptors (Lipinski definition) is 0. The first-order chi connectivity index (χ1) is 19.3. The van der Waals surface area contributed by atoms with Crippen molar-refractivity contribution in [3.05, 3.63) is 118 Å². The van der Waals surface area contributed by atoms with Gasteiger partial charge in [0.15, 0.2) is 0 Å². The zero-order chi connectivity index (χ0) is 27.4. The minimum Gasteiger partial charge on any atom is -0.0610 e. The van der Waals surface area contributed by atoms with E-state index in [9.17, 15) is 0 Å². The van der Waals surface area contributed by atoms with Gasteiger partial charge in [-0.3, -0.25) is 0 Å². The molecule has 0 amide bonds. The Hall–Kier alpha value is -4.42. The van der Waals surface area contributed by atoms with E-state index in [1.165, 1.54) is 109 Å². The van der Waals surface area contributed by atoms with E-state index >= 15 is 0 Å². The third-order valence-corrected chi connectivity index (χ3v) is 9.27. The number of benzene rings is 8. The van der Waals surface area contributed by atoms with Gasteiger partial charge in [0.05, 0.1) is 0 Å². The average Bonchev–Trinajstić information content (AvgIpc) is 2.91. The molecule has 0 unspecified atom stereocenters. The molecule has 0 aliphatic rings. The molecule has 0 nitrogen and oxygen atoms in total. The summed E-state index contributed by atoms with van der Waals surface area (Å²) in [5.41, 5.74) is 13.5. The molecule has 0 aliphatic carbocycles. The number of rotatable bonds is 2. The van der Waals surface area contributed by atoms with Crippen LogP contribution in [-0.4, -0.2) is 0 Å². The Kier molecular flexibility index (Phi) is 4.73. The van der Waals surface area contributed by atoms with Gasteiger partial charge >= 0.3 is 0 Å². The molecule has 0 saturated heterocycles. The highest BCUT2D eigenvalue weighted by Gasteiger charge is 2.25. The van der Waals surface area contributed by atoms with Gasteiger partial charge in [0, 0.05) is 0 Å². The molecule has 0 heterocycles.